The molecule has 1 fully saturated rings. The van der Waals surface area contributed by atoms with Gasteiger partial charge < -0.3 is 20.9 Å². The summed E-state index contributed by atoms with van der Waals surface area (Å²) in [5, 5.41) is 12.9. The third kappa shape index (κ3) is 4.70. The lowest BCUT2D eigenvalue weighted by Crippen LogP contribution is -2.43. The fourth-order valence-electron chi connectivity index (χ4n) is 4.03. The molecule has 1 aliphatic heterocycles. The number of nitrogens with zero attached hydrogens (tertiary/aromatic N) is 4. The molecule has 10 heteroatoms. The van der Waals surface area contributed by atoms with E-state index in [0.29, 0.717) is 21.9 Å². The summed E-state index contributed by atoms with van der Waals surface area (Å²) < 4.78 is 0.787. The number of aryl methyl sites for hydroxylation is 1. The number of para-hydroxylation sites is 1. The number of hydrogen-bond donors (Lipinski definition) is 2. The van der Waals surface area contributed by atoms with Crippen LogP contribution in [0.15, 0.2) is 42.5 Å². The van der Waals surface area contributed by atoms with Gasteiger partial charge in [-0.1, -0.05) is 29.5 Å². The number of carbonyl (C=O) groups is 3. The average molecular weight is 477 g/mol. The predicted molar refractivity (Wildman–Crippen MR) is 130 cm³/mol. The van der Waals surface area contributed by atoms with Crippen LogP contribution in [-0.4, -0.2) is 58.7 Å². The van der Waals surface area contributed by atoms with Gasteiger partial charge in [-0.2, -0.15) is 5.26 Å². The maximum Gasteiger partial charge on any atom is 0.254 e. The Morgan fingerprint density at radius 2 is 2.06 bits per heavy atom. The molecule has 0 spiro atoms. The van der Waals surface area contributed by atoms with Crippen LogP contribution in [0, 0.1) is 24.2 Å². The number of hydrogen-bond acceptors (Lipinski definition) is 7. The second-order valence-corrected chi connectivity index (χ2v) is 9.39. The Kier molecular flexibility index (Phi) is 6.47. The third-order valence-corrected chi connectivity index (χ3v) is 6.76. The summed E-state index contributed by atoms with van der Waals surface area (Å²) in [6.07, 6.45) is 0.251. The average Bonchev–Trinajstić information content (AvgIpc) is 3.42. The predicted octanol–water partition coefficient (Wildman–Crippen LogP) is 2.64. The van der Waals surface area contributed by atoms with Gasteiger partial charge in [0.05, 0.1) is 28.7 Å². The number of nitriles is 1. The molecule has 1 aliphatic rings. The van der Waals surface area contributed by atoms with Gasteiger partial charge in [0, 0.05) is 24.8 Å². The zero-order valence-corrected chi connectivity index (χ0v) is 19.6. The number of likely N-dealkylation sites (N-methyl/N-ethyl adjacent to an activating group) is 1. The molecule has 3 N–H and O–H groups in total. The SMILES string of the molecule is Cc1ccccc1NC(=O)C1CC(C#N)N(C(=O)CN(C)C(=O)c2ccc3nc(N)sc3c2)C1. The van der Waals surface area contributed by atoms with E-state index >= 15 is 0 Å². The van der Waals surface area contributed by atoms with Gasteiger partial charge in [-0.05, 0) is 43.2 Å². The molecule has 3 aromatic rings. The van der Waals surface area contributed by atoms with Gasteiger partial charge in [0.1, 0.15) is 6.04 Å². The van der Waals surface area contributed by atoms with Crippen molar-refractivity contribution in [2.45, 2.75) is 19.4 Å². The number of aromatic nitrogens is 1. The van der Waals surface area contributed by atoms with Crippen molar-refractivity contribution in [3.8, 4) is 6.07 Å². The monoisotopic (exact) mass is 476 g/mol. The Bertz CT molecular complexity index is 1310. The van der Waals surface area contributed by atoms with Gasteiger partial charge in [0.2, 0.25) is 11.8 Å². The number of benzene rings is 2. The summed E-state index contributed by atoms with van der Waals surface area (Å²) >= 11 is 1.28. The van der Waals surface area contributed by atoms with E-state index in [4.69, 9.17) is 5.73 Å². The van der Waals surface area contributed by atoms with Gasteiger partial charge in [-0.15, -0.1) is 0 Å². The fraction of sp³-hybridized carbons (Fsp3) is 0.292. The molecule has 2 atom stereocenters. The Hall–Kier alpha value is -3.97. The highest BCUT2D eigenvalue weighted by Gasteiger charge is 2.39. The van der Waals surface area contributed by atoms with Gasteiger partial charge >= 0.3 is 0 Å². The number of fused-ring (bicyclic) bond motifs is 1. The van der Waals surface area contributed by atoms with Gasteiger partial charge in [-0.25, -0.2) is 4.98 Å². The van der Waals surface area contributed by atoms with E-state index < -0.39 is 12.0 Å². The minimum atomic E-state index is -0.722. The van der Waals surface area contributed by atoms with Gasteiger partial charge in [0.15, 0.2) is 5.13 Å². The van der Waals surface area contributed by atoms with Crippen LogP contribution in [0.25, 0.3) is 10.2 Å². The first kappa shape index (κ1) is 23.2. The zero-order valence-electron chi connectivity index (χ0n) is 18.8. The molecule has 2 unspecified atom stereocenters. The summed E-state index contributed by atoms with van der Waals surface area (Å²) in [6, 6.07) is 13.9. The lowest BCUT2D eigenvalue weighted by Gasteiger charge is -2.24. The van der Waals surface area contributed by atoms with Crippen LogP contribution >= 0.6 is 11.3 Å². The molecule has 4 rings (SSSR count). The largest absolute Gasteiger partial charge is 0.375 e. The van der Waals surface area contributed by atoms with Gasteiger partial charge in [0.25, 0.3) is 5.91 Å². The number of likely N-dealkylation sites (tertiary alicyclic amines) is 1. The number of nitrogen functional groups attached to an aromatic ring is 1. The molecule has 9 nitrogen and oxygen atoms in total. The third-order valence-electron chi connectivity index (χ3n) is 5.92. The molecule has 0 aliphatic carbocycles. The normalized spacial score (nSPS) is 17.4. The number of anilines is 2. The molecule has 0 saturated carbocycles. The summed E-state index contributed by atoms with van der Waals surface area (Å²) in [4.78, 5) is 45.5. The highest BCUT2D eigenvalue weighted by atomic mass is 32.1. The molecular formula is C24H24N6O3S. The van der Waals surface area contributed by atoms with E-state index in [0.717, 1.165) is 10.3 Å². The molecule has 3 amide bonds. The molecule has 34 heavy (non-hydrogen) atoms. The number of nitrogens with two attached hydrogens (primary N) is 1. The first-order valence-electron chi connectivity index (χ1n) is 10.7. The lowest BCUT2D eigenvalue weighted by molar-refractivity contribution is -0.131. The molecular weight excluding hydrogens is 452 g/mol. The Morgan fingerprint density at radius 3 is 2.79 bits per heavy atom. The number of thiazole rings is 1. The first-order valence-corrected chi connectivity index (χ1v) is 11.6. The molecule has 2 heterocycles. The van der Waals surface area contributed by atoms with E-state index in [1.807, 2.05) is 31.2 Å². The molecule has 174 valence electrons. The van der Waals surface area contributed by atoms with Crippen molar-refractivity contribution >= 4 is 50.1 Å². The lowest BCUT2D eigenvalue weighted by atomic mass is 10.0. The maximum atomic E-state index is 13.0. The minimum absolute atomic E-state index is 0.128. The van der Waals surface area contributed by atoms with Gasteiger partial charge in [-0.3, -0.25) is 14.4 Å². The van der Waals surface area contributed by atoms with E-state index in [1.165, 1.54) is 28.2 Å². The van der Waals surface area contributed by atoms with Crippen LogP contribution in [0.5, 0.6) is 0 Å². The Balaban J connectivity index is 1.41. The molecule has 0 radical (unpaired) electrons. The Morgan fingerprint density at radius 1 is 1.29 bits per heavy atom. The number of nitrogens with one attached hydrogen (secondary N) is 1. The summed E-state index contributed by atoms with van der Waals surface area (Å²) in [5.41, 5.74) is 8.49. The van der Waals surface area contributed by atoms with E-state index in [-0.39, 0.29) is 37.2 Å². The highest BCUT2D eigenvalue weighted by molar-refractivity contribution is 7.22. The maximum absolute atomic E-state index is 13.0. The van der Waals surface area contributed by atoms with E-state index in [1.54, 1.807) is 18.2 Å². The second kappa shape index (κ2) is 9.49. The van der Waals surface area contributed by atoms with Crippen LogP contribution in [0.2, 0.25) is 0 Å². The second-order valence-electron chi connectivity index (χ2n) is 8.32. The van der Waals surface area contributed by atoms with Crippen LogP contribution in [0.4, 0.5) is 10.8 Å². The van der Waals surface area contributed by atoms with Crippen molar-refractivity contribution < 1.29 is 14.4 Å². The van der Waals surface area contributed by atoms with Crippen LogP contribution in [0.3, 0.4) is 0 Å². The van der Waals surface area contributed by atoms with Crippen LogP contribution in [0.1, 0.15) is 22.3 Å². The van der Waals surface area contributed by atoms with Crippen molar-refractivity contribution in [1.29, 1.82) is 5.26 Å². The summed E-state index contributed by atoms with van der Waals surface area (Å²) in [6.45, 7) is 1.82. The van der Waals surface area contributed by atoms with Crippen LogP contribution in [-0.2, 0) is 9.59 Å². The number of carbonyl (C=O) groups excluding carboxylic acids is 3. The topological polar surface area (TPSA) is 132 Å². The smallest absolute Gasteiger partial charge is 0.254 e. The first-order chi connectivity index (χ1) is 16.3. The Labute approximate surface area is 200 Å². The summed E-state index contributed by atoms with van der Waals surface area (Å²) in [5.74, 6) is -1.44. The van der Waals surface area contributed by atoms with Crippen molar-refractivity contribution in [1.82, 2.24) is 14.8 Å². The summed E-state index contributed by atoms with van der Waals surface area (Å²) in [7, 11) is 1.53. The van der Waals surface area contributed by atoms with E-state index in [9.17, 15) is 19.6 Å². The molecule has 2 aromatic carbocycles. The number of amides is 3. The van der Waals surface area contributed by atoms with Crippen molar-refractivity contribution in [2.75, 3.05) is 31.2 Å². The van der Waals surface area contributed by atoms with Crippen LogP contribution < -0.4 is 11.1 Å². The van der Waals surface area contributed by atoms with Crippen molar-refractivity contribution in [3.63, 3.8) is 0 Å². The van der Waals surface area contributed by atoms with E-state index in [2.05, 4.69) is 16.4 Å². The quantitative estimate of drug-likeness (QED) is 0.582. The number of rotatable bonds is 5. The van der Waals surface area contributed by atoms with Crippen molar-refractivity contribution in [3.05, 3.63) is 53.6 Å². The molecule has 1 aromatic heterocycles. The zero-order chi connectivity index (χ0) is 24.4. The highest BCUT2D eigenvalue weighted by Crippen LogP contribution is 2.27. The molecule has 1 saturated heterocycles. The molecule has 0 bridgehead atoms. The minimum Gasteiger partial charge on any atom is -0.375 e. The standard InChI is InChI=1S/C24H24N6O3S/c1-14-5-3-4-6-18(14)27-22(32)16-9-17(11-25)30(12-16)21(31)13-29(2)23(33)15-7-8-19-20(10-15)34-24(26)28-19/h3-8,10,16-17H,9,12-13H2,1-2H3,(H2,26,28)(H,27,32). The fourth-order valence-corrected chi connectivity index (χ4v) is 4.81. The van der Waals surface area contributed by atoms with Crippen molar-refractivity contribution in [2.24, 2.45) is 5.92 Å².